The average Bonchev–Trinajstić information content (AvgIpc) is 1.81. The Labute approximate surface area is 106 Å². The van der Waals surface area contributed by atoms with E-state index in [1.54, 1.807) is 18.6 Å². The van der Waals surface area contributed by atoms with Crippen LogP contribution in [0.25, 0.3) is 0 Å². The first-order valence-electron chi connectivity index (χ1n) is 3.65. The molecule has 0 aromatic rings. The van der Waals surface area contributed by atoms with E-state index in [0.717, 1.165) is 0 Å². The number of amides is 1. The van der Waals surface area contributed by atoms with Gasteiger partial charge in [0.25, 0.3) is 5.91 Å². The van der Waals surface area contributed by atoms with Crippen molar-refractivity contribution >= 4 is 45.8 Å². The van der Waals surface area contributed by atoms with E-state index >= 15 is 0 Å². The molecule has 7 heteroatoms. The van der Waals surface area contributed by atoms with E-state index in [4.69, 9.17) is 0 Å². The van der Waals surface area contributed by atoms with Crippen molar-refractivity contribution in [3.8, 4) is 0 Å². The fraction of sp³-hybridized carbons (Fsp3) is 0.571. The summed E-state index contributed by atoms with van der Waals surface area (Å²) in [7, 11) is -3.99. The van der Waals surface area contributed by atoms with Crippen LogP contribution in [0.3, 0.4) is 0 Å². The average molecular weight is 231 g/mol. The zero-order valence-electron chi connectivity index (χ0n) is 7.83. The number of nitrogens with one attached hydrogen (secondary N) is 1. The summed E-state index contributed by atoms with van der Waals surface area (Å²) >= 11 is 0. The SMILES string of the molecule is C=C(C)C(=O)NS(=O)(=O)OC(C)C.[NaH]. The molecule has 0 bridgehead atoms. The van der Waals surface area contributed by atoms with Gasteiger partial charge in [-0.25, -0.2) is 4.72 Å². The first-order valence-corrected chi connectivity index (χ1v) is 5.06. The first kappa shape index (κ1) is 16.5. The van der Waals surface area contributed by atoms with Crippen LogP contribution in [0.1, 0.15) is 20.8 Å². The summed E-state index contributed by atoms with van der Waals surface area (Å²) in [5, 5.41) is 0. The summed E-state index contributed by atoms with van der Waals surface area (Å²) in [4.78, 5) is 10.9. The molecule has 0 spiro atoms. The van der Waals surface area contributed by atoms with Crippen molar-refractivity contribution in [2.24, 2.45) is 0 Å². The van der Waals surface area contributed by atoms with E-state index in [2.05, 4.69) is 10.8 Å². The predicted molar refractivity (Wildman–Crippen MR) is 55.2 cm³/mol. The van der Waals surface area contributed by atoms with Gasteiger partial charge in [0, 0.05) is 5.57 Å². The van der Waals surface area contributed by atoms with Crippen LogP contribution in [0.2, 0.25) is 0 Å². The van der Waals surface area contributed by atoms with E-state index in [-0.39, 0.29) is 35.1 Å². The summed E-state index contributed by atoms with van der Waals surface area (Å²) in [6, 6.07) is 0. The van der Waals surface area contributed by atoms with Crippen LogP contribution in [0.4, 0.5) is 0 Å². The Morgan fingerprint density at radius 2 is 1.86 bits per heavy atom. The van der Waals surface area contributed by atoms with Crippen molar-refractivity contribution in [1.29, 1.82) is 0 Å². The molecule has 0 aromatic carbocycles. The van der Waals surface area contributed by atoms with Crippen LogP contribution < -0.4 is 4.72 Å². The molecule has 0 heterocycles. The number of hydrogen-bond donors (Lipinski definition) is 1. The molecule has 0 radical (unpaired) electrons. The summed E-state index contributed by atoms with van der Waals surface area (Å²) < 4.78 is 28.1. The number of carbonyl (C=O) groups is 1. The molecule has 0 aliphatic heterocycles. The van der Waals surface area contributed by atoms with Crippen molar-refractivity contribution < 1.29 is 17.4 Å². The van der Waals surface area contributed by atoms with Crippen molar-refractivity contribution in [3.05, 3.63) is 12.2 Å². The Morgan fingerprint density at radius 1 is 1.43 bits per heavy atom. The van der Waals surface area contributed by atoms with Gasteiger partial charge in [0.1, 0.15) is 0 Å². The molecule has 5 nitrogen and oxygen atoms in total. The minimum absolute atomic E-state index is 0. The van der Waals surface area contributed by atoms with Crippen molar-refractivity contribution in [2.45, 2.75) is 26.9 Å². The van der Waals surface area contributed by atoms with E-state index in [1.807, 2.05) is 0 Å². The standard InChI is InChI=1S/C7H13NO4S.Na.H/c1-5(2)7(9)8-13(10,11)12-6(3)4;;/h6H,1H2,2-4H3,(H,8,9);;. The number of hydrogen-bond acceptors (Lipinski definition) is 4. The van der Waals surface area contributed by atoms with Crippen LogP contribution in [-0.2, 0) is 19.3 Å². The Kier molecular flexibility index (Phi) is 7.77. The third-order valence-corrected chi connectivity index (χ3v) is 2.00. The Morgan fingerprint density at radius 3 is 2.14 bits per heavy atom. The molecule has 0 saturated carbocycles. The quantitative estimate of drug-likeness (QED) is 0.532. The molecule has 0 saturated heterocycles. The third-order valence-electron chi connectivity index (χ3n) is 0.924. The number of carbonyl (C=O) groups excluding carboxylic acids is 1. The van der Waals surface area contributed by atoms with Crippen molar-refractivity contribution in [3.63, 3.8) is 0 Å². The molecule has 14 heavy (non-hydrogen) atoms. The topological polar surface area (TPSA) is 72.5 Å². The van der Waals surface area contributed by atoms with Crippen LogP contribution in [0, 0.1) is 0 Å². The van der Waals surface area contributed by atoms with Gasteiger partial charge < -0.3 is 0 Å². The van der Waals surface area contributed by atoms with Gasteiger partial charge in [-0.3, -0.25) is 8.98 Å². The molecule has 0 unspecified atom stereocenters. The molecule has 78 valence electrons. The van der Waals surface area contributed by atoms with Gasteiger partial charge in [0.2, 0.25) is 0 Å². The molecule has 0 aromatic heterocycles. The zero-order valence-corrected chi connectivity index (χ0v) is 8.64. The van der Waals surface area contributed by atoms with Gasteiger partial charge in [0.15, 0.2) is 0 Å². The summed E-state index contributed by atoms with van der Waals surface area (Å²) in [5.74, 6) is -0.763. The Bertz CT molecular complexity index is 310. The van der Waals surface area contributed by atoms with Crippen LogP contribution >= 0.6 is 0 Å². The molecule has 0 atom stereocenters. The maximum atomic E-state index is 11.0. The molecule has 0 aliphatic carbocycles. The molecule has 1 N–H and O–H groups in total. The molecule has 1 amide bonds. The van der Waals surface area contributed by atoms with Gasteiger partial charge in [-0.2, -0.15) is 8.42 Å². The molecular formula is C7H14NNaO4S. The normalized spacial score (nSPS) is 10.6. The molecule has 0 aliphatic rings. The van der Waals surface area contributed by atoms with Crippen LogP contribution in [0.15, 0.2) is 12.2 Å². The predicted octanol–water partition coefficient (Wildman–Crippen LogP) is -0.300. The van der Waals surface area contributed by atoms with Crippen LogP contribution in [-0.4, -0.2) is 50.0 Å². The minimum atomic E-state index is -3.99. The molecule has 0 fully saturated rings. The van der Waals surface area contributed by atoms with Gasteiger partial charge in [-0.15, -0.1) is 0 Å². The van der Waals surface area contributed by atoms with E-state index in [1.165, 1.54) is 6.92 Å². The second kappa shape index (κ2) is 6.58. The Balaban J connectivity index is 0. The van der Waals surface area contributed by atoms with Gasteiger partial charge in [-0.1, -0.05) is 6.58 Å². The first-order chi connectivity index (χ1) is 5.74. The summed E-state index contributed by atoms with van der Waals surface area (Å²) in [6.45, 7) is 7.78. The van der Waals surface area contributed by atoms with Gasteiger partial charge in [-0.05, 0) is 20.8 Å². The second-order valence-corrected chi connectivity index (χ2v) is 4.12. The van der Waals surface area contributed by atoms with Crippen molar-refractivity contribution in [2.75, 3.05) is 0 Å². The van der Waals surface area contributed by atoms with Gasteiger partial charge in [0.05, 0.1) is 6.10 Å². The summed E-state index contributed by atoms with van der Waals surface area (Å²) in [6.07, 6.45) is -0.504. The monoisotopic (exact) mass is 231 g/mol. The van der Waals surface area contributed by atoms with Crippen LogP contribution in [0.5, 0.6) is 0 Å². The Hall–Kier alpha value is 0.120. The maximum absolute atomic E-state index is 11.0. The number of rotatable bonds is 4. The third kappa shape index (κ3) is 7.52. The molecule has 0 rings (SSSR count). The summed E-state index contributed by atoms with van der Waals surface area (Å²) in [5.41, 5.74) is 0.107. The second-order valence-electron chi connectivity index (χ2n) is 2.81. The van der Waals surface area contributed by atoms with E-state index in [9.17, 15) is 13.2 Å². The van der Waals surface area contributed by atoms with E-state index < -0.39 is 22.3 Å². The fourth-order valence-electron chi connectivity index (χ4n) is 0.478. The molecular weight excluding hydrogens is 217 g/mol. The fourth-order valence-corrected chi connectivity index (χ4v) is 1.43. The van der Waals surface area contributed by atoms with Gasteiger partial charge >= 0.3 is 39.9 Å². The van der Waals surface area contributed by atoms with E-state index in [0.29, 0.717) is 0 Å². The zero-order chi connectivity index (χ0) is 10.6. The van der Waals surface area contributed by atoms with Crippen molar-refractivity contribution in [1.82, 2.24) is 4.72 Å².